The van der Waals surface area contributed by atoms with E-state index in [1.165, 1.54) is 23.1 Å². The highest BCUT2D eigenvalue weighted by molar-refractivity contribution is 6.00. The molecule has 5 nitrogen and oxygen atoms in total. The number of piperazine rings is 1. The lowest BCUT2D eigenvalue weighted by Gasteiger charge is -2.33. The maximum Gasteiger partial charge on any atom is 0.147 e. The van der Waals surface area contributed by atoms with Gasteiger partial charge in [0.2, 0.25) is 0 Å². The van der Waals surface area contributed by atoms with Crippen LogP contribution in [0, 0.1) is 29.9 Å². The van der Waals surface area contributed by atoms with Gasteiger partial charge in [0.15, 0.2) is 0 Å². The molecule has 0 spiro atoms. The van der Waals surface area contributed by atoms with Gasteiger partial charge in [0.1, 0.15) is 11.6 Å². The summed E-state index contributed by atoms with van der Waals surface area (Å²) in [5.74, 6) is -0.570. The highest BCUT2D eigenvalue weighted by Crippen LogP contribution is 2.24. The Labute approximate surface area is 170 Å². The average molecular weight is 398 g/mol. The van der Waals surface area contributed by atoms with Gasteiger partial charge >= 0.3 is 0 Å². The quantitative estimate of drug-likeness (QED) is 0.581. The van der Waals surface area contributed by atoms with E-state index in [0.29, 0.717) is 23.5 Å². The van der Waals surface area contributed by atoms with E-state index >= 15 is 0 Å². The van der Waals surface area contributed by atoms with Gasteiger partial charge in [-0.15, -0.1) is 0 Å². The second kappa shape index (κ2) is 9.48. The van der Waals surface area contributed by atoms with Crippen molar-refractivity contribution in [2.45, 2.75) is 20.3 Å². The first kappa shape index (κ1) is 20.7. The Hall–Kier alpha value is -2.98. The molecular weight excluding hydrogens is 372 g/mol. The third-order valence-corrected chi connectivity index (χ3v) is 5.28. The molecule has 0 aromatic heterocycles. The molecule has 3 rings (SSSR count). The SMILES string of the molecule is C/C(=N/Nc1ccc(F)cc1)c1cc(F)c(N2CC[NH+](CCC#N)CC2)cc1C. The second-order valence-electron chi connectivity index (χ2n) is 7.33. The van der Waals surface area contributed by atoms with Gasteiger partial charge in [-0.05, 0) is 55.8 Å². The van der Waals surface area contributed by atoms with E-state index in [1.807, 2.05) is 19.9 Å². The van der Waals surface area contributed by atoms with Gasteiger partial charge in [0.05, 0.1) is 62.3 Å². The number of halogens is 2. The van der Waals surface area contributed by atoms with Crippen molar-refractivity contribution < 1.29 is 13.7 Å². The van der Waals surface area contributed by atoms with Gasteiger partial charge in [0, 0.05) is 5.56 Å². The van der Waals surface area contributed by atoms with Crippen molar-refractivity contribution >= 4 is 17.1 Å². The van der Waals surface area contributed by atoms with Gasteiger partial charge in [0.25, 0.3) is 0 Å². The number of hydrogen-bond acceptors (Lipinski definition) is 4. The molecular formula is C22H26F2N5+. The molecule has 1 aliphatic rings. The van der Waals surface area contributed by atoms with Gasteiger partial charge in [-0.1, -0.05) is 0 Å². The predicted molar refractivity (Wildman–Crippen MR) is 111 cm³/mol. The van der Waals surface area contributed by atoms with Crippen LogP contribution in [-0.2, 0) is 0 Å². The summed E-state index contributed by atoms with van der Waals surface area (Å²) < 4.78 is 27.9. The van der Waals surface area contributed by atoms with Crippen molar-refractivity contribution in [3.05, 3.63) is 59.2 Å². The first-order valence-electron chi connectivity index (χ1n) is 9.80. The molecule has 2 aromatic rings. The second-order valence-corrected chi connectivity index (χ2v) is 7.33. The van der Waals surface area contributed by atoms with E-state index in [-0.39, 0.29) is 11.6 Å². The van der Waals surface area contributed by atoms with Crippen LogP contribution in [0.2, 0.25) is 0 Å². The fourth-order valence-electron chi connectivity index (χ4n) is 3.58. The van der Waals surface area contributed by atoms with Gasteiger partial charge in [-0.25, -0.2) is 8.78 Å². The minimum atomic E-state index is -0.308. The van der Waals surface area contributed by atoms with Crippen molar-refractivity contribution in [1.82, 2.24) is 0 Å². The minimum Gasteiger partial charge on any atom is -0.358 e. The number of nitriles is 1. The molecule has 0 atom stereocenters. The molecule has 0 saturated carbocycles. The highest BCUT2D eigenvalue weighted by Gasteiger charge is 2.22. The van der Waals surface area contributed by atoms with Crippen LogP contribution >= 0.6 is 0 Å². The summed E-state index contributed by atoms with van der Waals surface area (Å²) in [5, 5.41) is 13.0. The molecule has 2 N–H and O–H groups in total. The van der Waals surface area contributed by atoms with Crippen molar-refractivity contribution in [3.63, 3.8) is 0 Å². The van der Waals surface area contributed by atoms with Gasteiger partial charge in [-0.3, -0.25) is 5.43 Å². The Morgan fingerprint density at radius 2 is 1.90 bits per heavy atom. The maximum absolute atomic E-state index is 14.9. The van der Waals surface area contributed by atoms with Crippen LogP contribution in [0.3, 0.4) is 0 Å². The predicted octanol–water partition coefficient (Wildman–Crippen LogP) is 2.73. The van der Waals surface area contributed by atoms with E-state index in [2.05, 4.69) is 21.5 Å². The normalized spacial score (nSPS) is 15.3. The maximum atomic E-state index is 14.9. The number of nitrogens with zero attached hydrogens (tertiary/aromatic N) is 3. The van der Waals surface area contributed by atoms with Crippen LogP contribution < -0.4 is 15.2 Å². The summed E-state index contributed by atoms with van der Waals surface area (Å²) in [6, 6.07) is 11.5. The zero-order valence-corrected chi connectivity index (χ0v) is 16.8. The van der Waals surface area contributed by atoms with Crippen molar-refractivity contribution in [3.8, 4) is 6.07 Å². The average Bonchev–Trinajstić information content (AvgIpc) is 2.73. The Morgan fingerprint density at radius 3 is 2.55 bits per heavy atom. The number of hydrazone groups is 1. The van der Waals surface area contributed by atoms with E-state index in [1.54, 1.807) is 12.1 Å². The van der Waals surface area contributed by atoms with Crippen molar-refractivity contribution in [2.75, 3.05) is 43.0 Å². The zero-order chi connectivity index (χ0) is 20.8. The highest BCUT2D eigenvalue weighted by atomic mass is 19.1. The summed E-state index contributed by atoms with van der Waals surface area (Å²) in [6.07, 6.45) is 0.558. The topological polar surface area (TPSA) is 55.9 Å². The summed E-state index contributed by atoms with van der Waals surface area (Å²) >= 11 is 0. The lowest BCUT2D eigenvalue weighted by Crippen LogP contribution is -3.14. The van der Waals surface area contributed by atoms with Crippen molar-refractivity contribution in [1.29, 1.82) is 5.26 Å². The lowest BCUT2D eigenvalue weighted by atomic mass is 10.0. The van der Waals surface area contributed by atoms with Gasteiger partial charge < -0.3 is 9.80 Å². The molecule has 1 saturated heterocycles. The molecule has 0 unspecified atom stereocenters. The van der Waals surface area contributed by atoms with Crippen LogP contribution in [0.5, 0.6) is 0 Å². The number of anilines is 2. The molecule has 0 bridgehead atoms. The van der Waals surface area contributed by atoms with Crippen LogP contribution in [0.4, 0.5) is 20.2 Å². The minimum absolute atomic E-state index is 0.262. The fourth-order valence-corrected chi connectivity index (χ4v) is 3.58. The third kappa shape index (κ3) is 5.30. The number of nitrogens with one attached hydrogen (secondary N) is 2. The fraction of sp³-hybridized carbons (Fsp3) is 0.364. The van der Waals surface area contributed by atoms with Crippen LogP contribution in [0.25, 0.3) is 0 Å². The number of hydrogen-bond donors (Lipinski definition) is 2. The number of aryl methyl sites for hydroxylation is 1. The van der Waals surface area contributed by atoms with E-state index < -0.39 is 0 Å². The third-order valence-electron chi connectivity index (χ3n) is 5.28. The molecule has 1 fully saturated rings. The first-order chi connectivity index (χ1) is 14.0. The monoisotopic (exact) mass is 398 g/mol. The molecule has 1 heterocycles. The molecule has 7 heteroatoms. The molecule has 1 aliphatic heterocycles. The summed E-state index contributed by atoms with van der Waals surface area (Å²) in [7, 11) is 0. The standard InChI is InChI=1S/C22H25F2N5/c1-16-14-22(29-12-10-28(11-13-29)9-3-8-25)21(24)15-20(16)17(2)26-27-19-6-4-18(23)5-7-19/h4-7,14-15,27H,3,9-13H2,1-2H3/p+1/b26-17-. The first-order valence-corrected chi connectivity index (χ1v) is 9.80. The Morgan fingerprint density at radius 1 is 1.21 bits per heavy atom. The van der Waals surface area contributed by atoms with E-state index in [9.17, 15) is 8.78 Å². The van der Waals surface area contributed by atoms with E-state index in [0.717, 1.165) is 43.9 Å². The lowest BCUT2D eigenvalue weighted by molar-refractivity contribution is -0.900. The Kier molecular flexibility index (Phi) is 6.78. The van der Waals surface area contributed by atoms with Crippen molar-refractivity contribution in [2.24, 2.45) is 5.10 Å². The summed E-state index contributed by atoms with van der Waals surface area (Å²) in [4.78, 5) is 3.47. The molecule has 0 amide bonds. The van der Waals surface area contributed by atoms with Crippen LogP contribution in [0.15, 0.2) is 41.5 Å². The van der Waals surface area contributed by atoms with Crippen LogP contribution in [0.1, 0.15) is 24.5 Å². The number of rotatable bonds is 6. The Bertz CT molecular complexity index is 910. The molecule has 0 radical (unpaired) electrons. The number of quaternary nitrogens is 1. The Balaban J connectivity index is 1.69. The molecule has 152 valence electrons. The molecule has 2 aromatic carbocycles. The largest absolute Gasteiger partial charge is 0.358 e. The van der Waals surface area contributed by atoms with Crippen LogP contribution in [-0.4, -0.2) is 38.4 Å². The summed E-state index contributed by atoms with van der Waals surface area (Å²) in [6.45, 7) is 7.97. The number of benzene rings is 2. The molecule has 0 aliphatic carbocycles. The smallest absolute Gasteiger partial charge is 0.147 e. The molecule has 29 heavy (non-hydrogen) atoms. The summed E-state index contributed by atoms with van der Waals surface area (Å²) in [5.41, 5.74) is 6.50. The van der Waals surface area contributed by atoms with Gasteiger partial charge in [-0.2, -0.15) is 10.4 Å². The zero-order valence-electron chi connectivity index (χ0n) is 16.8. The van der Waals surface area contributed by atoms with E-state index in [4.69, 9.17) is 5.26 Å².